The van der Waals surface area contributed by atoms with Gasteiger partial charge in [-0.05, 0) is 47.9 Å². The van der Waals surface area contributed by atoms with E-state index in [9.17, 15) is 9.59 Å². The summed E-state index contributed by atoms with van der Waals surface area (Å²) < 4.78 is 0. The van der Waals surface area contributed by atoms with Crippen molar-refractivity contribution in [3.05, 3.63) is 34.9 Å². The van der Waals surface area contributed by atoms with Gasteiger partial charge >= 0.3 is 0 Å². The first-order valence-corrected chi connectivity index (χ1v) is 7.67. The average molecular weight is 304 g/mol. The lowest BCUT2D eigenvalue weighted by Gasteiger charge is -2.28. The monoisotopic (exact) mass is 304 g/mol. The van der Waals surface area contributed by atoms with Crippen LogP contribution < -0.4 is 10.8 Å². The molecule has 1 aromatic rings. The Kier molecular flexibility index (Phi) is 4.86. The van der Waals surface area contributed by atoms with Crippen LogP contribution in [0.5, 0.6) is 0 Å². The van der Waals surface area contributed by atoms with Crippen LogP contribution in [0.15, 0.2) is 18.2 Å². The molecule has 2 rings (SSSR count). The molecule has 1 aromatic carbocycles. The van der Waals surface area contributed by atoms with E-state index in [2.05, 4.69) is 5.32 Å². The fourth-order valence-electron chi connectivity index (χ4n) is 2.90. The summed E-state index contributed by atoms with van der Waals surface area (Å²) in [6.45, 7) is 6.13. The summed E-state index contributed by atoms with van der Waals surface area (Å²) in [5.74, 6) is -0.454. The predicted octanol–water partition coefficient (Wildman–Crippen LogP) is 2.74. The fraction of sp³-hybridized carbons (Fsp3) is 0.529. The normalized spacial score (nSPS) is 17.5. The molecule has 0 heterocycles. The van der Waals surface area contributed by atoms with Crippen LogP contribution in [0.2, 0.25) is 0 Å². The van der Waals surface area contributed by atoms with Gasteiger partial charge in [-0.1, -0.05) is 26.8 Å². The number of amides is 2. The van der Waals surface area contributed by atoms with Gasteiger partial charge < -0.3 is 5.32 Å². The number of fused-ring (bicyclic) bond motifs is 1. The molecule has 120 valence electrons. The fourth-order valence-corrected chi connectivity index (χ4v) is 2.90. The van der Waals surface area contributed by atoms with Gasteiger partial charge in [0.2, 0.25) is 5.91 Å². The van der Waals surface area contributed by atoms with Crippen molar-refractivity contribution in [1.82, 2.24) is 10.8 Å². The Labute approximate surface area is 131 Å². The van der Waals surface area contributed by atoms with Gasteiger partial charge in [0.15, 0.2) is 0 Å². The van der Waals surface area contributed by atoms with E-state index >= 15 is 0 Å². The van der Waals surface area contributed by atoms with Crippen molar-refractivity contribution in [1.29, 1.82) is 0 Å². The van der Waals surface area contributed by atoms with Gasteiger partial charge in [0.25, 0.3) is 5.91 Å². The Bertz CT molecular complexity index is 576. The first kappa shape index (κ1) is 16.5. The maximum Gasteiger partial charge on any atom is 0.274 e. The molecule has 0 fully saturated rings. The average Bonchev–Trinajstić information content (AvgIpc) is 2.44. The van der Waals surface area contributed by atoms with Crippen molar-refractivity contribution in [2.75, 3.05) is 0 Å². The van der Waals surface area contributed by atoms with E-state index < -0.39 is 5.91 Å². The summed E-state index contributed by atoms with van der Waals surface area (Å²) in [6, 6.07) is 5.35. The largest absolute Gasteiger partial charge is 0.349 e. The highest BCUT2D eigenvalue weighted by Crippen LogP contribution is 2.31. The molecule has 0 spiro atoms. The predicted molar refractivity (Wildman–Crippen MR) is 83.6 cm³/mol. The third-order valence-corrected chi connectivity index (χ3v) is 3.85. The van der Waals surface area contributed by atoms with Gasteiger partial charge in [-0.15, -0.1) is 0 Å². The standard InChI is InChI=1S/C17H24N2O3/c1-17(2,3)10-15(20)18-14-6-4-5-11-9-12(16(21)19-22)7-8-13(11)14/h7-9,14,22H,4-6,10H2,1-3H3,(H,18,20)(H,19,21). The zero-order chi connectivity index (χ0) is 16.3. The van der Waals surface area contributed by atoms with E-state index in [-0.39, 0.29) is 17.4 Å². The van der Waals surface area contributed by atoms with Gasteiger partial charge in [0.1, 0.15) is 0 Å². The van der Waals surface area contributed by atoms with Gasteiger partial charge in [0.05, 0.1) is 6.04 Å². The molecule has 5 nitrogen and oxygen atoms in total. The molecular weight excluding hydrogens is 280 g/mol. The van der Waals surface area contributed by atoms with Crippen molar-refractivity contribution in [2.45, 2.75) is 52.5 Å². The minimum Gasteiger partial charge on any atom is -0.349 e. The zero-order valence-corrected chi connectivity index (χ0v) is 13.4. The third-order valence-electron chi connectivity index (χ3n) is 3.85. The van der Waals surface area contributed by atoms with Gasteiger partial charge in [-0.25, -0.2) is 5.48 Å². The summed E-state index contributed by atoms with van der Waals surface area (Å²) in [5.41, 5.74) is 4.18. The lowest BCUT2D eigenvalue weighted by molar-refractivity contribution is -0.123. The van der Waals surface area contributed by atoms with Crippen LogP contribution in [-0.4, -0.2) is 17.0 Å². The number of hydrogen-bond donors (Lipinski definition) is 3. The van der Waals surface area contributed by atoms with E-state index in [0.29, 0.717) is 12.0 Å². The van der Waals surface area contributed by atoms with Crippen molar-refractivity contribution in [3.8, 4) is 0 Å². The number of nitrogens with one attached hydrogen (secondary N) is 2. The highest BCUT2D eigenvalue weighted by Gasteiger charge is 2.24. The van der Waals surface area contributed by atoms with E-state index in [4.69, 9.17) is 5.21 Å². The first-order valence-electron chi connectivity index (χ1n) is 7.67. The van der Waals surface area contributed by atoms with E-state index in [1.807, 2.05) is 26.8 Å². The number of hydroxylamine groups is 1. The highest BCUT2D eigenvalue weighted by atomic mass is 16.5. The molecule has 2 amide bonds. The van der Waals surface area contributed by atoms with Crippen molar-refractivity contribution >= 4 is 11.8 Å². The van der Waals surface area contributed by atoms with E-state index in [0.717, 1.165) is 30.4 Å². The minimum absolute atomic E-state index is 0.00448. The van der Waals surface area contributed by atoms with E-state index in [1.165, 1.54) is 0 Å². The molecule has 0 bridgehead atoms. The van der Waals surface area contributed by atoms with Crippen molar-refractivity contribution in [2.24, 2.45) is 5.41 Å². The number of aryl methyl sites for hydroxylation is 1. The Hall–Kier alpha value is -1.88. The Morgan fingerprint density at radius 3 is 2.68 bits per heavy atom. The summed E-state index contributed by atoms with van der Waals surface area (Å²) in [6.07, 6.45) is 3.25. The lowest BCUT2D eigenvalue weighted by Crippen LogP contribution is -2.33. The van der Waals surface area contributed by atoms with Gasteiger partial charge in [-0.3, -0.25) is 14.8 Å². The van der Waals surface area contributed by atoms with Crippen molar-refractivity contribution < 1.29 is 14.8 Å². The Morgan fingerprint density at radius 1 is 1.32 bits per heavy atom. The zero-order valence-electron chi connectivity index (χ0n) is 13.4. The molecular formula is C17H24N2O3. The second-order valence-corrected chi connectivity index (χ2v) is 7.10. The topological polar surface area (TPSA) is 78.4 Å². The maximum atomic E-state index is 12.1. The smallest absolute Gasteiger partial charge is 0.274 e. The molecule has 0 saturated heterocycles. The molecule has 1 aliphatic rings. The molecule has 5 heteroatoms. The van der Waals surface area contributed by atoms with Crippen LogP contribution in [0.1, 0.15) is 67.6 Å². The number of carbonyl (C=O) groups excluding carboxylic acids is 2. The van der Waals surface area contributed by atoms with Crippen LogP contribution in [-0.2, 0) is 11.2 Å². The molecule has 1 atom stereocenters. The molecule has 1 unspecified atom stereocenters. The Balaban J connectivity index is 2.15. The minimum atomic E-state index is -0.512. The summed E-state index contributed by atoms with van der Waals surface area (Å²) in [5, 5.41) is 11.8. The highest BCUT2D eigenvalue weighted by molar-refractivity contribution is 5.93. The molecule has 22 heavy (non-hydrogen) atoms. The van der Waals surface area contributed by atoms with E-state index in [1.54, 1.807) is 17.6 Å². The number of benzene rings is 1. The first-order chi connectivity index (χ1) is 10.3. The molecule has 0 aromatic heterocycles. The van der Waals surface area contributed by atoms with Gasteiger partial charge in [0, 0.05) is 12.0 Å². The van der Waals surface area contributed by atoms with Crippen molar-refractivity contribution in [3.63, 3.8) is 0 Å². The van der Waals surface area contributed by atoms with Crippen LogP contribution >= 0.6 is 0 Å². The lowest BCUT2D eigenvalue weighted by atomic mass is 9.85. The summed E-state index contributed by atoms with van der Waals surface area (Å²) >= 11 is 0. The second kappa shape index (κ2) is 6.48. The van der Waals surface area contributed by atoms with Gasteiger partial charge in [-0.2, -0.15) is 0 Å². The number of hydrogen-bond acceptors (Lipinski definition) is 3. The second-order valence-electron chi connectivity index (χ2n) is 7.10. The third kappa shape index (κ3) is 4.07. The van der Waals surface area contributed by atoms with Crippen LogP contribution in [0.25, 0.3) is 0 Å². The number of rotatable bonds is 3. The van der Waals surface area contributed by atoms with Crippen LogP contribution in [0, 0.1) is 5.41 Å². The summed E-state index contributed by atoms with van der Waals surface area (Å²) in [4.78, 5) is 23.6. The molecule has 3 N–H and O–H groups in total. The van der Waals surface area contributed by atoms with Crippen LogP contribution in [0.3, 0.4) is 0 Å². The molecule has 0 aliphatic heterocycles. The maximum absolute atomic E-state index is 12.1. The van der Waals surface area contributed by atoms with Crippen LogP contribution in [0.4, 0.5) is 0 Å². The summed E-state index contributed by atoms with van der Waals surface area (Å²) in [7, 11) is 0. The molecule has 1 aliphatic carbocycles. The molecule has 0 radical (unpaired) electrons. The quantitative estimate of drug-likeness (QED) is 0.593. The Morgan fingerprint density at radius 2 is 2.05 bits per heavy atom. The molecule has 0 saturated carbocycles. The number of carbonyl (C=O) groups is 2. The SMILES string of the molecule is CC(C)(C)CC(=O)NC1CCCc2cc(C(=O)NO)ccc21.